The third-order valence-corrected chi connectivity index (χ3v) is 2.24. The van der Waals surface area contributed by atoms with Crippen LogP contribution < -0.4 is 0 Å². The highest BCUT2D eigenvalue weighted by Gasteiger charge is 2.11. The summed E-state index contributed by atoms with van der Waals surface area (Å²) in [6.07, 6.45) is 0.000000000000000666. The van der Waals surface area contributed by atoms with Crippen molar-refractivity contribution in [1.29, 1.82) is 0 Å². The van der Waals surface area contributed by atoms with Crippen molar-refractivity contribution < 1.29 is 13.9 Å². The molecule has 0 aliphatic carbocycles. The largest absolute Gasteiger partial charge is 0.377 e. The van der Waals surface area contributed by atoms with E-state index in [1.54, 1.807) is 0 Å². The third kappa shape index (κ3) is 2.25. The second kappa shape index (κ2) is 4.41. The lowest BCUT2D eigenvalue weighted by Gasteiger charge is -2.09. The zero-order chi connectivity index (χ0) is 11.5. The van der Waals surface area contributed by atoms with Gasteiger partial charge in [-0.05, 0) is 35.4 Å². The Morgan fingerprint density at radius 3 is 1.31 bits per heavy atom. The van der Waals surface area contributed by atoms with E-state index in [0.29, 0.717) is 11.1 Å². The van der Waals surface area contributed by atoms with E-state index in [4.69, 9.17) is 0 Å². The molecule has 0 amide bonds. The van der Waals surface area contributed by atoms with E-state index < -0.39 is 0 Å². The average molecular weight is 219 g/mol. The molecule has 2 aromatic carbocycles. The molecule has 2 aromatic rings. The first kappa shape index (κ1) is 10.8. The fourth-order valence-corrected chi connectivity index (χ4v) is 1.38. The van der Waals surface area contributed by atoms with Crippen molar-refractivity contribution in [2.75, 3.05) is 0 Å². The molecule has 0 aliphatic heterocycles. The summed E-state index contributed by atoms with van der Waals surface area (Å²) in [5.74, 6) is -0.730. The van der Waals surface area contributed by atoms with Crippen LogP contribution in [0.25, 0.3) is 0 Å². The minimum absolute atomic E-state index is 0.000000000000000666. The highest BCUT2D eigenvalue weighted by atomic mass is 19.1. The molecule has 2 rings (SSSR count). The van der Waals surface area contributed by atoms with Gasteiger partial charge in [0.25, 0.3) is 0 Å². The normalized spacial score (nSPS) is 10.8. The molecule has 0 fully saturated rings. The Morgan fingerprint density at radius 1 is 0.688 bits per heavy atom. The molecule has 0 atom stereocenters. The summed E-state index contributed by atoms with van der Waals surface area (Å²) in [7, 11) is 0. The average Bonchev–Trinajstić information content (AvgIpc) is 2.30. The summed E-state index contributed by atoms with van der Waals surface area (Å²) in [6, 6.07) is 10.9. The Hall–Kier alpha value is -1.74. The minimum atomic E-state index is -0.365. The maximum Gasteiger partial charge on any atom is 0.152 e. The van der Waals surface area contributed by atoms with Gasteiger partial charge >= 0.3 is 0 Å². The van der Waals surface area contributed by atoms with Gasteiger partial charge in [-0.1, -0.05) is 24.3 Å². The predicted molar refractivity (Wildman–Crippen MR) is 56.2 cm³/mol. The molecule has 0 aromatic heterocycles. The molecule has 0 spiro atoms. The van der Waals surface area contributed by atoms with Crippen LogP contribution in [-0.4, -0.2) is 5.11 Å². The fourth-order valence-electron chi connectivity index (χ4n) is 1.38. The van der Waals surface area contributed by atoms with E-state index >= 15 is 0 Å². The molecular weight excluding hydrogens is 210 g/mol. The first-order chi connectivity index (χ1) is 7.66. The number of benzene rings is 2. The van der Waals surface area contributed by atoms with E-state index in [-0.39, 0.29) is 17.7 Å². The second-order valence-corrected chi connectivity index (χ2v) is 3.36. The molecule has 1 N–H and O–H groups in total. The molecule has 3 heteroatoms. The van der Waals surface area contributed by atoms with Crippen LogP contribution >= 0.6 is 0 Å². The van der Waals surface area contributed by atoms with Crippen LogP contribution in [-0.2, 0) is 0 Å². The zero-order valence-electron chi connectivity index (χ0n) is 8.32. The predicted octanol–water partition coefficient (Wildman–Crippen LogP) is 3.27. The van der Waals surface area contributed by atoms with Gasteiger partial charge in [0.15, 0.2) is 6.10 Å². The second-order valence-electron chi connectivity index (χ2n) is 3.36. The molecular formula is C13H9F2O. The van der Waals surface area contributed by atoms with Crippen LogP contribution in [0.1, 0.15) is 11.1 Å². The van der Waals surface area contributed by atoms with Gasteiger partial charge in [0.05, 0.1) is 0 Å². The highest BCUT2D eigenvalue weighted by molar-refractivity contribution is 5.41. The van der Waals surface area contributed by atoms with Crippen molar-refractivity contribution in [3.05, 3.63) is 77.4 Å². The van der Waals surface area contributed by atoms with E-state index in [0.717, 1.165) is 0 Å². The number of aliphatic hydroxyl groups excluding tert-OH is 1. The smallest absolute Gasteiger partial charge is 0.152 e. The molecule has 1 nitrogen and oxygen atoms in total. The van der Waals surface area contributed by atoms with Crippen molar-refractivity contribution >= 4 is 0 Å². The van der Waals surface area contributed by atoms with Crippen LogP contribution in [0.3, 0.4) is 0 Å². The quantitative estimate of drug-likeness (QED) is 0.821. The monoisotopic (exact) mass is 219 g/mol. The Balaban J connectivity index is 2.28. The summed E-state index contributed by atoms with van der Waals surface area (Å²) in [5.41, 5.74) is 0.987. The molecule has 0 heterocycles. The van der Waals surface area contributed by atoms with Gasteiger partial charge in [0.2, 0.25) is 0 Å². The molecule has 1 radical (unpaired) electrons. The molecule has 0 bridgehead atoms. The van der Waals surface area contributed by atoms with Crippen LogP contribution in [0.2, 0.25) is 0 Å². The Morgan fingerprint density at radius 2 is 1.00 bits per heavy atom. The van der Waals surface area contributed by atoms with Crippen molar-refractivity contribution in [2.24, 2.45) is 0 Å². The lowest BCUT2D eigenvalue weighted by atomic mass is 10.0. The van der Waals surface area contributed by atoms with Crippen LogP contribution in [0.5, 0.6) is 0 Å². The zero-order valence-corrected chi connectivity index (χ0v) is 8.32. The molecule has 0 saturated carbocycles. The maximum absolute atomic E-state index is 12.7. The van der Waals surface area contributed by atoms with Gasteiger partial charge in [-0.15, -0.1) is 0 Å². The van der Waals surface area contributed by atoms with Gasteiger partial charge in [-0.25, -0.2) is 8.78 Å². The summed E-state index contributed by atoms with van der Waals surface area (Å²) >= 11 is 0. The van der Waals surface area contributed by atoms with Gasteiger partial charge in [-0.2, -0.15) is 0 Å². The Labute approximate surface area is 92.0 Å². The fraction of sp³-hybridized carbons (Fsp3) is 0. The van der Waals surface area contributed by atoms with Crippen LogP contribution in [0, 0.1) is 17.7 Å². The van der Waals surface area contributed by atoms with Gasteiger partial charge < -0.3 is 5.11 Å². The van der Waals surface area contributed by atoms with Crippen LogP contribution in [0.4, 0.5) is 8.78 Å². The standard InChI is InChI=1S/C13H9F2O/c14-11-5-1-9(2-6-11)13(16)10-3-7-12(15)8-4-10/h1-8,16H. The lowest BCUT2D eigenvalue weighted by molar-refractivity contribution is 0.356. The van der Waals surface area contributed by atoms with Crippen molar-refractivity contribution in [3.63, 3.8) is 0 Å². The number of rotatable bonds is 2. The van der Waals surface area contributed by atoms with Gasteiger partial charge in [0, 0.05) is 0 Å². The highest BCUT2D eigenvalue weighted by Crippen LogP contribution is 2.21. The van der Waals surface area contributed by atoms with Crippen molar-refractivity contribution in [3.8, 4) is 0 Å². The SMILES string of the molecule is O[C](c1ccc(F)cc1)c1ccc(F)cc1. The molecule has 0 unspecified atom stereocenters. The number of halogens is 2. The van der Waals surface area contributed by atoms with Crippen LogP contribution in [0.15, 0.2) is 48.5 Å². The first-order valence-electron chi connectivity index (χ1n) is 4.74. The van der Waals surface area contributed by atoms with E-state index in [9.17, 15) is 13.9 Å². The van der Waals surface area contributed by atoms with E-state index in [1.165, 1.54) is 48.5 Å². The number of hydrogen-bond donors (Lipinski definition) is 1. The molecule has 81 valence electrons. The van der Waals surface area contributed by atoms with Crippen molar-refractivity contribution in [1.82, 2.24) is 0 Å². The molecule has 16 heavy (non-hydrogen) atoms. The summed E-state index contributed by atoms with van der Waals surface area (Å²) in [5, 5.41) is 9.85. The molecule has 0 saturated heterocycles. The summed E-state index contributed by atoms with van der Waals surface area (Å²) in [6.45, 7) is 0. The summed E-state index contributed by atoms with van der Waals surface area (Å²) < 4.78 is 25.3. The summed E-state index contributed by atoms with van der Waals surface area (Å²) in [4.78, 5) is 0. The minimum Gasteiger partial charge on any atom is -0.377 e. The Bertz CT molecular complexity index is 417. The number of hydrogen-bond acceptors (Lipinski definition) is 1. The Kier molecular flexibility index (Phi) is 2.97. The third-order valence-electron chi connectivity index (χ3n) is 2.24. The number of aliphatic hydroxyl groups is 1. The topological polar surface area (TPSA) is 20.2 Å². The maximum atomic E-state index is 12.7. The first-order valence-corrected chi connectivity index (χ1v) is 4.74. The van der Waals surface area contributed by atoms with Gasteiger partial charge in [-0.3, -0.25) is 0 Å². The lowest BCUT2D eigenvalue weighted by Crippen LogP contribution is -2.00. The van der Waals surface area contributed by atoms with Crippen molar-refractivity contribution in [2.45, 2.75) is 0 Å². The molecule has 0 aliphatic rings. The van der Waals surface area contributed by atoms with E-state index in [2.05, 4.69) is 0 Å². The van der Waals surface area contributed by atoms with Gasteiger partial charge in [0.1, 0.15) is 11.6 Å². The van der Waals surface area contributed by atoms with E-state index in [1.807, 2.05) is 0 Å².